The van der Waals surface area contributed by atoms with E-state index in [0.29, 0.717) is 16.7 Å². The Hall–Kier alpha value is -3.48. The van der Waals surface area contributed by atoms with Crippen molar-refractivity contribution in [1.29, 1.82) is 0 Å². The minimum atomic E-state index is -1.32. The molecule has 0 aliphatic carbocycles. The second-order valence-electron chi connectivity index (χ2n) is 10.9. The number of aromatic amines is 1. The molecule has 6 rings (SSSR count). The zero-order chi connectivity index (χ0) is 28.3. The van der Waals surface area contributed by atoms with Crippen LogP contribution in [0.4, 0.5) is 14.5 Å². The first kappa shape index (κ1) is 26.7. The van der Waals surface area contributed by atoms with Gasteiger partial charge in [0.15, 0.2) is 5.78 Å². The average molecular weight is 572 g/mol. The number of alkyl halides is 1. The molecular formula is C27H28ClF2N7O3. The van der Waals surface area contributed by atoms with Crippen molar-refractivity contribution in [3.63, 3.8) is 0 Å². The lowest BCUT2D eigenvalue weighted by atomic mass is 9.70. The van der Waals surface area contributed by atoms with Crippen molar-refractivity contribution < 1.29 is 23.2 Å². The number of hydrogen-bond acceptors (Lipinski definition) is 7. The SMILES string of the molecule is CN(C)[C@@H]1CN(C(=O)CN2C(=O)C3(CCN[C@@H](C(=O)c4ccc5[nH]ncc5n4)C3)c3c2ccc(F)c3Cl)C[C@@H]1F. The third-order valence-corrected chi connectivity index (χ3v) is 8.76. The number of piperidine rings is 1. The predicted molar refractivity (Wildman–Crippen MR) is 144 cm³/mol. The van der Waals surface area contributed by atoms with E-state index in [2.05, 4.69) is 20.5 Å². The molecule has 2 fully saturated rings. The normalized spacial score (nSPS) is 26.4. The summed E-state index contributed by atoms with van der Waals surface area (Å²) in [7, 11) is 3.51. The van der Waals surface area contributed by atoms with Crippen LogP contribution < -0.4 is 10.2 Å². The van der Waals surface area contributed by atoms with Crippen LogP contribution in [0.5, 0.6) is 0 Å². The van der Waals surface area contributed by atoms with Crippen molar-refractivity contribution in [2.75, 3.05) is 45.2 Å². The number of anilines is 1. The number of likely N-dealkylation sites (tertiary alicyclic amines) is 1. The Bertz CT molecular complexity index is 1530. The molecule has 2 aromatic heterocycles. The molecule has 0 radical (unpaired) electrons. The summed E-state index contributed by atoms with van der Waals surface area (Å²) < 4.78 is 29.4. The lowest BCUT2D eigenvalue weighted by molar-refractivity contribution is -0.132. The molecule has 210 valence electrons. The molecule has 2 saturated heterocycles. The van der Waals surface area contributed by atoms with Crippen molar-refractivity contribution in [3.05, 3.63) is 52.6 Å². The molecule has 40 heavy (non-hydrogen) atoms. The Balaban J connectivity index is 1.31. The summed E-state index contributed by atoms with van der Waals surface area (Å²) in [5.74, 6) is -1.86. The van der Waals surface area contributed by atoms with Gasteiger partial charge >= 0.3 is 0 Å². The predicted octanol–water partition coefficient (Wildman–Crippen LogP) is 2.08. The molecule has 0 saturated carbocycles. The van der Waals surface area contributed by atoms with E-state index in [9.17, 15) is 23.2 Å². The molecule has 5 heterocycles. The number of H-pyrrole nitrogens is 1. The van der Waals surface area contributed by atoms with Gasteiger partial charge in [-0.15, -0.1) is 0 Å². The van der Waals surface area contributed by atoms with E-state index >= 15 is 0 Å². The molecule has 1 unspecified atom stereocenters. The number of pyridine rings is 1. The number of nitrogens with one attached hydrogen (secondary N) is 2. The first-order valence-corrected chi connectivity index (χ1v) is 13.4. The van der Waals surface area contributed by atoms with Crippen LogP contribution in [-0.4, -0.2) is 101 Å². The van der Waals surface area contributed by atoms with Crippen LogP contribution in [0.25, 0.3) is 11.0 Å². The van der Waals surface area contributed by atoms with E-state index in [1.54, 1.807) is 31.1 Å². The highest BCUT2D eigenvalue weighted by Gasteiger charge is 2.56. The van der Waals surface area contributed by atoms with Gasteiger partial charge < -0.3 is 20.0 Å². The lowest BCUT2D eigenvalue weighted by Crippen LogP contribution is -2.55. The molecule has 10 nitrogen and oxygen atoms in total. The number of amides is 2. The second kappa shape index (κ2) is 9.86. The first-order chi connectivity index (χ1) is 19.1. The number of nitrogens with zero attached hydrogens (tertiary/aromatic N) is 5. The molecule has 3 aromatic rings. The molecule has 1 aromatic carbocycles. The third-order valence-electron chi connectivity index (χ3n) is 8.39. The van der Waals surface area contributed by atoms with E-state index in [1.807, 2.05) is 0 Å². The minimum Gasteiger partial charge on any atom is -0.336 e. The van der Waals surface area contributed by atoms with Gasteiger partial charge in [-0.1, -0.05) is 11.6 Å². The van der Waals surface area contributed by atoms with Gasteiger partial charge in [0.05, 0.1) is 46.5 Å². The van der Waals surface area contributed by atoms with Crippen LogP contribution in [0.2, 0.25) is 5.02 Å². The number of likely N-dealkylation sites (N-methyl/N-ethyl adjacent to an activating group) is 1. The van der Waals surface area contributed by atoms with E-state index in [-0.39, 0.29) is 61.1 Å². The van der Waals surface area contributed by atoms with Gasteiger partial charge in [-0.2, -0.15) is 5.10 Å². The Morgan fingerprint density at radius 1 is 1.23 bits per heavy atom. The van der Waals surface area contributed by atoms with Crippen LogP contribution in [0, 0.1) is 5.82 Å². The number of ketones is 1. The molecule has 13 heteroatoms. The lowest BCUT2D eigenvalue weighted by Gasteiger charge is -2.37. The highest BCUT2D eigenvalue weighted by atomic mass is 35.5. The Morgan fingerprint density at radius 3 is 2.77 bits per heavy atom. The summed E-state index contributed by atoms with van der Waals surface area (Å²) in [5.41, 5.74) is 0.705. The van der Waals surface area contributed by atoms with Crippen molar-refractivity contribution in [1.82, 2.24) is 30.3 Å². The number of carbonyl (C=O) groups excluding carboxylic acids is 3. The highest BCUT2D eigenvalue weighted by Crippen LogP contribution is 2.51. The number of carbonyl (C=O) groups is 3. The fraction of sp³-hybridized carbons (Fsp3) is 0.444. The van der Waals surface area contributed by atoms with Crippen LogP contribution in [0.15, 0.2) is 30.5 Å². The largest absolute Gasteiger partial charge is 0.336 e. The van der Waals surface area contributed by atoms with Crippen molar-refractivity contribution in [2.45, 2.75) is 36.5 Å². The third kappa shape index (κ3) is 4.16. The number of benzene rings is 1. The van der Waals surface area contributed by atoms with Crippen LogP contribution in [0.3, 0.4) is 0 Å². The van der Waals surface area contributed by atoms with Gasteiger partial charge in [0.2, 0.25) is 11.8 Å². The number of halogens is 3. The topological polar surface area (TPSA) is 115 Å². The summed E-state index contributed by atoms with van der Waals surface area (Å²) in [4.78, 5) is 49.8. The number of aromatic nitrogens is 3. The van der Waals surface area contributed by atoms with Gasteiger partial charge in [0, 0.05) is 12.1 Å². The zero-order valence-electron chi connectivity index (χ0n) is 22.0. The molecule has 3 aliphatic heterocycles. The zero-order valence-corrected chi connectivity index (χ0v) is 22.7. The maximum atomic E-state index is 14.8. The Kier molecular flexibility index (Phi) is 6.59. The molecule has 0 bridgehead atoms. The first-order valence-electron chi connectivity index (χ1n) is 13.1. The smallest absolute Gasteiger partial charge is 0.242 e. The van der Waals surface area contributed by atoms with Crippen molar-refractivity contribution in [3.8, 4) is 0 Å². The van der Waals surface area contributed by atoms with E-state index in [4.69, 9.17) is 11.6 Å². The van der Waals surface area contributed by atoms with Gasteiger partial charge in [-0.3, -0.25) is 19.5 Å². The van der Waals surface area contributed by atoms with E-state index in [1.165, 1.54) is 22.1 Å². The van der Waals surface area contributed by atoms with Gasteiger partial charge in [-0.25, -0.2) is 13.8 Å². The summed E-state index contributed by atoms with van der Waals surface area (Å²) in [6.45, 7) is 0.0730. The number of rotatable bonds is 5. The Morgan fingerprint density at radius 2 is 2.02 bits per heavy atom. The Labute approximate surface area is 233 Å². The van der Waals surface area contributed by atoms with Crippen molar-refractivity contribution >= 4 is 45.9 Å². The average Bonchev–Trinajstić information content (AvgIpc) is 3.63. The molecule has 2 N–H and O–H groups in total. The molecule has 3 aliphatic rings. The fourth-order valence-electron chi connectivity index (χ4n) is 6.26. The number of Topliss-reactive ketones (excluding diaryl/α,β-unsaturated/α-hetero) is 1. The fourth-order valence-corrected chi connectivity index (χ4v) is 6.60. The molecule has 4 atom stereocenters. The summed E-state index contributed by atoms with van der Waals surface area (Å²) in [6.07, 6.45) is 0.572. The van der Waals surface area contributed by atoms with Gasteiger partial charge in [0.25, 0.3) is 0 Å². The van der Waals surface area contributed by atoms with Crippen LogP contribution >= 0.6 is 11.6 Å². The highest BCUT2D eigenvalue weighted by molar-refractivity contribution is 6.33. The van der Waals surface area contributed by atoms with Crippen molar-refractivity contribution in [2.24, 2.45) is 0 Å². The molecule has 2 amide bonds. The maximum absolute atomic E-state index is 14.8. The molecular weight excluding hydrogens is 544 g/mol. The maximum Gasteiger partial charge on any atom is 0.242 e. The van der Waals surface area contributed by atoms with Crippen LogP contribution in [-0.2, 0) is 15.0 Å². The second-order valence-corrected chi connectivity index (χ2v) is 11.3. The van der Waals surface area contributed by atoms with Gasteiger partial charge in [-0.05, 0) is 57.7 Å². The number of fused-ring (bicyclic) bond motifs is 3. The van der Waals surface area contributed by atoms with E-state index in [0.717, 1.165) is 6.07 Å². The van der Waals surface area contributed by atoms with Gasteiger partial charge in [0.1, 0.15) is 29.7 Å². The number of hydrogen-bond donors (Lipinski definition) is 2. The summed E-state index contributed by atoms with van der Waals surface area (Å²) in [6, 6.07) is 4.65. The molecule has 1 spiro atoms. The minimum absolute atomic E-state index is 0.00953. The summed E-state index contributed by atoms with van der Waals surface area (Å²) in [5, 5.41) is 9.69. The van der Waals surface area contributed by atoms with Crippen LogP contribution in [0.1, 0.15) is 28.9 Å². The quantitative estimate of drug-likeness (QED) is 0.451. The van der Waals surface area contributed by atoms with E-state index < -0.39 is 41.3 Å². The summed E-state index contributed by atoms with van der Waals surface area (Å²) >= 11 is 6.49. The standard InChI is InChI=1S/C27H28ClF2N7O3/c1-35(2)21-12-36(11-15(21)30)22(38)13-37-20-6-3-14(29)24(28)23(20)27(26(37)40)7-8-31-18(9-27)25(39)17-5-4-16-19(33-17)10-32-34-16/h3-6,10,15,18,21,31H,7-9,11-13H2,1-2H3,(H,32,34)/t15-,18+,21+,27?/m0/s1. The monoisotopic (exact) mass is 571 g/mol.